The normalized spacial score (nSPS) is 35.6. The quantitative estimate of drug-likeness (QED) is 0.914. The van der Waals surface area contributed by atoms with Gasteiger partial charge in [0.25, 0.3) is 0 Å². The minimum atomic E-state index is -0.284. The molecule has 0 aromatic heterocycles. The minimum absolute atomic E-state index is 0.284. The first-order valence-corrected chi connectivity index (χ1v) is 10.3. The molecule has 134 valence electrons. The second kappa shape index (κ2) is 5.57. The predicted molar refractivity (Wildman–Crippen MR) is 99.6 cm³/mol. The summed E-state index contributed by atoms with van der Waals surface area (Å²) in [5, 5.41) is 0. The van der Waals surface area contributed by atoms with E-state index in [2.05, 4.69) is 24.0 Å². The Balaban J connectivity index is 1.59. The number of likely N-dealkylation sites (tertiary alicyclic amines) is 1. The van der Waals surface area contributed by atoms with E-state index in [4.69, 9.17) is 5.73 Å². The van der Waals surface area contributed by atoms with Crippen molar-refractivity contribution < 1.29 is 4.79 Å². The monoisotopic (exact) mass is 338 g/mol. The van der Waals surface area contributed by atoms with Gasteiger partial charge >= 0.3 is 0 Å². The summed E-state index contributed by atoms with van der Waals surface area (Å²) in [6, 6.07) is 7.77. The highest BCUT2D eigenvalue weighted by Gasteiger charge is 2.55. The van der Waals surface area contributed by atoms with Crippen molar-refractivity contribution in [3.63, 3.8) is 0 Å². The molecule has 3 heteroatoms. The van der Waals surface area contributed by atoms with Gasteiger partial charge in [0.1, 0.15) is 0 Å². The van der Waals surface area contributed by atoms with Crippen LogP contribution >= 0.6 is 0 Å². The van der Waals surface area contributed by atoms with Gasteiger partial charge in [-0.2, -0.15) is 0 Å². The average Bonchev–Trinajstić information content (AvgIpc) is 3.46. The third-order valence-corrected chi connectivity index (χ3v) is 7.99. The van der Waals surface area contributed by atoms with Crippen LogP contribution in [0.15, 0.2) is 18.2 Å². The number of hydrogen-bond acceptors (Lipinski definition) is 2. The third kappa shape index (κ3) is 2.31. The first-order chi connectivity index (χ1) is 12.1. The molecular formula is C22H30N2O. The largest absolute Gasteiger partial charge is 0.366 e. The number of carbonyl (C=O) groups is 1. The van der Waals surface area contributed by atoms with Gasteiger partial charge in [0.15, 0.2) is 0 Å². The van der Waals surface area contributed by atoms with Crippen LogP contribution in [0.2, 0.25) is 0 Å². The van der Waals surface area contributed by atoms with Gasteiger partial charge in [0.05, 0.1) is 0 Å². The lowest BCUT2D eigenvalue weighted by Gasteiger charge is -2.60. The zero-order valence-corrected chi connectivity index (χ0v) is 15.3. The van der Waals surface area contributed by atoms with Gasteiger partial charge in [-0.1, -0.05) is 18.9 Å². The third-order valence-electron chi connectivity index (χ3n) is 7.99. The maximum atomic E-state index is 11.8. The fourth-order valence-electron chi connectivity index (χ4n) is 6.54. The molecule has 2 N–H and O–H groups in total. The van der Waals surface area contributed by atoms with E-state index in [1.165, 1.54) is 62.6 Å². The van der Waals surface area contributed by atoms with E-state index in [0.29, 0.717) is 17.0 Å². The molecule has 4 aliphatic rings. The second-order valence-corrected chi connectivity index (χ2v) is 9.08. The summed E-state index contributed by atoms with van der Waals surface area (Å²) in [4.78, 5) is 14.6. The van der Waals surface area contributed by atoms with Gasteiger partial charge in [0, 0.05) is 23.1 Å². The molecule has 4 atom stereocenters. The van der Waals surface area contributed by atoms with Crippen molar-refractivity contribution in [2.45, 2.75) is 75.8 Å². The van der Waals surface area contributed by atoms with Gasteiger partial charge < -0.3 is 5.73 Å². The zero-order chi connectivity index (χ0) is 17.2. The van der Waals surface area contributed by atoms with E-state index in [-0.39, 0.29) is 5.91 Å². The lowest BCUT2D eigenvalue weighted by atomic mass is 9.52. The van der Waals surface area contributed by atoms with Crippen molar-refractivity contribution >= 4 is 5.91 Å². The molecule has 25 heavy (non-hydrogen) atoms. The maximum Gasteiger partial charge on any atom is 0.248 e. The summed E-state index contributed by atoms with van der Waals surface area (Å²) in [6.07, 6.45) is 10.7. The number of piperidine rings is 1. The number of nitrogens with zero attached hydrogens (tertiary/aromatic N) is 1. The highest BCUT2D eigenvalue weighted by Crippen LogP contribution is 2.56. The molecule has 3 nitrogen and oxygen atoms in total. The van der Waals surface area contributed by atoms with Crippen LogP contribution in [0.1, 0.15) is 73.4 Å². The Morgan fingerprint density at radius 3 is 2.84 bits per heavy atom. The second-order valence-electron chi connectivity index (χ2n) is 9.08. The highest BCUT2D eigenvalue weighted by molar-refractivity contribution is 5.93. The van der Waals surface area contributed by atoms with E-state index < -0.39 is 0 Å². The van der Waals surface area contributed by atoms with Crippen molar-refractivity contribution in [1.82, 2.24) is 4.90 Å². The standard InChI is InChI=1S/C22H30N2O/c1-14(15-5-6-15)24-11-10-22-9-3-2-4-18(22)20(24)13-16-7-8-17(21(23)25)12-19(16)22/h7-8,12,14-15,18,20H,2-6,9-11,13H2,1H3,(H2,23,25)/t14-,18?,20-,22-/m1/s1. The maximum absolute atomic E-state index is 11.8. The molecule has 1 aliphatic heterocycles. The summed E-state index contributed by atoms with van der Waals surface area (Å²) in [5.41, 5.74) is 9.56. The van der Waals surface area contributed by atoms with Gasteiger partial charge in [-0.3, -0.25) is 9.69 Å². The van der Waals surface area contributed by atoms with Crippen LogP contribution in [0, 0.1) is 11.8 Å². The molecule has 3 aliphatic carbocycles. The van der Waals surface area contributed by atoms with Crippen LogP contribution in [0.3, 0.4) is 0 Å². The Kier molecular flexibility index (Phi) is 3.54. The van der Waals surface area contributed by atoms with Crippen molar-refractivity contribution in [2.24, 2.45) is 17.6 Å². The lowest BCUT2D eigenvalue weighted by molar-refractivity contribution is -0.0343. The Labute approximate surface area is 151 Å². The van der Waals surface area contributed by atoms with Gasteiger partial charge in [-0.15, -0.1) is 0 Å². The van der Waals surface area contributed by atoms with Gasteiger partial charge in [0.2, 0.25) is 5.91 Å². The topological polar surface area (TPSA) is 46.3 Å². The van der Waals surface area contributed by atoms with Crippen LogP contribution in [-0.4, -0.2) is 29.4 Å². The number of carbonyl (C=O) groups excluding carboxylic acids is 1. The molecule has 1 aromatic rings. The summed E-state index contributed by atoms with van der Waals surface area (Å²) in [5.74, 6) is 1.43. The van der Waals surface area contributed by atoms with Crippen molar-refractivity contribution in [1.29, 1.82) is 0 Å². The Bertz CT molecular complexity index is 710. The molecule has 5 rings (SSSR count). The molecule has 1 aromatic carbocycles. The van der Waals surface area contributed by atoms with Crippen LogP contribution in [0.5, 0.6) is 0 Å². The smallest absolute Gasteiger partial charge is 0.248 e. The fraction of sp³-hybridized carbons (Fsp3) is 0.682. The Morgan fingerprint density at radius 2 is 2.08 bits per heavy atom. The molecule has 2 bridgehead atoms. The van der Waals surface area contributed by atoms with E-state index in [1.54, 1.807) is 0 Å². The first-order valence-electron chi connectivity index (χ1n) is 10.3. The summed E-state index contributed by atoms with van der Waals surface area (Å²) in [7, 11) is 0. The Hall–Kier alpha value is -1.35. The van der Waals surface area contributed by atoms with E-state index in [9.17, 15) is 4.79 Å². The molecule has 1 saturated heterocycles. The number of amides is 1. The van der Waals surface area contributed by atoms with Crippen LogP contribution in [0.4, 0.5) is 0 Å². The molecule has 3 fully saturated rings. The van der Waals surface area contributed by atoms with Gasteiger partial charge in [-0.25, -0.2) is 0 Å². The molecule has 1 heterocycles. The summed E-state index contributed by atoms with van der Waals surface area (Å²) >= 11 is 0. The number of benzene rings is 1. The first kappa shape index (κ1) is 15.9. The number of rotatable bonds is 3. The van der Waals surface area contributed by atoms with Crippen molar-refractivity contribution in [2.75, 3.05) is 6.54 Å². The van der Waals surface area contributed by atoms with Crippen LogP contribution in [0.25, 0.3) is 0 Å². The molecule has 1 amide bonds. The van der Waals surface area contributed by atoms with Crippen LogP contribution < -0.4 is 5.73 Å². The average molecular weight is 338 g/mol. The van der Waals surface area contributed by atoms with E-state index in [1.807, 2.05) is 6.07 Å². The minimum Gasteiger partial charge on any atom is -0.366 e. The summed E-state index contributed by atoms with van der Waals surface area (Å²) in [6.45, 7) is 3.71. The summed E-state index contributed by atoms with van der Waals surface area (Å²) < 4.78 is 0. The van der Waals surface area contributed by atoms with Gasteiger partial charge in [-0.05, 0) is 87.1 Å². The number of fused-ring (bicyclic) bond motifs is 1. The molecule has 0 spiro atoms. The Morgan fingerprint density at radius 1 is 1.24 bits per heavy atom. The fourth-order valence-corrected chi connectivity index (χ4v) is 6.54. The number of primary amides is 1. The zero-order valence-electron chi connectivity index (χ0n) is 15.3. The molecule has 0 radical (unpaired) electrons. The van der Waals surface area contributed by atoms with Crippen LogP contribution in [-0.2, 0) is 11.8 Å². The highest BCUT2D eigenvalue weighted by atomic mass is 16.1. The number of hydrogen-bond donors (Lipinski definition) is 1. The van der Waals surface area contributed by atoms with Crippen molar-refractivity contribution in [3.8, 4) is 0 Å². The molecule has 1 unspecified atom stereocenters. The van der Waals surface area contributed by atoms with E-state index >= 15 is 0 Å². The van der Waals surface area contributed by atoms with Crippen molar-refractivity contribution in [3.05, 3.63) is 34.9 Å². The lowest BCUT2D eigenvalue weighted by Crippen LogP contribution is -2.63. The molecular weight excluding hydrogens is 308 g/mol. The SMILES string of the molecule is C[C@H](C1CC1)N1CC[C@]23CCCCC2[C@H]1Cc1ccc(C(N)=O)cc13. The number of nitrogens with two attached hydrogens (primary N) is 1. The predicted octanol–water partition coefficient (Wildman–Crippen LogP) is 3.64. The molecule has 2 saturated carbocycles. The van der Waals surface area contributed by atoms with E-state index in [0.717, 1.165) is 24.3 Å².